The van der Waals surface area contributed by atoms with E-state index in [9.17, 15) is 9.59 Å². The number of nitrogens with zero attached hydrogens (tertiary/aromatic N) is 3. The van der Waals surface area contributed by atoms with E-state index in [1.807, 2.05) is 32.0 Å². The smallest absolute Gasteiger partial charge is 0.254 e. The van der Waals surface area contributed by atoms with E-state index in [4.69, 9.17) is 0 Å². The fourth-order valence-electron chi connectivity index (χ4n) is 5.04. The van der Waals surface area contributed by atoms with Crippen LogP contribution in [0.2, 0.25) is 0 Å². The standard InChI is InChI=1S/C22H20IN3O2/c1-12-9-16(13(2)25(12)18-6-4-3-5-17(18)23)11-24-26-21(27)19-14-7-8-15(10-14)20(19)22(26)28/h3-9,11,14-15,19-20H,10H2,1-2H3/b24-11-/t14-,15-,19-,20+/m0/s1. The zero-order chi connectivity index (χ0) is 19.6. The summed E-state index contributed by atoms with van der Waals surface area (Å²) < 4.78 is 3.33. The minimum Gasteiger partial charge on any atom is -0.317 e. The lowest BCUT2D eigenvalue weighted by atomic mass is 9.85. The van der Waals surface area contributed by atoms with Crippen molar-refractivity contribution in [3.63, 3.8) is 0 Å². The van der Waals surface area contributed by atoms with Gasteiger partial charge in [-0.1, -0.05) is 24.3 Å². The zero-order valence-corrected chi connectivity index (χ0v) is 17.8. The van der Waals surface area contributed by atoms with Gasteiger partial charge in [0.2, 0.25) is 0 Å². The molecule has 3 aliphatic rings. The van der Waals surface area contributed by atoms with Crippen LogP contribution in [0.5, 0.6) is 0 Å². The predicted octanol–water partition coefficient (Wildman–Crippen LogP) is 3.84. The van der Waals surface area contributed by atoms with Crippen LogP contribution in [0, 0.1) is 41.1 Å². The first kappa shape index (κ1) is 17.8. The number of benzene rings is 1. The third-order valence-electron chi connectivity index (χ3n) is 6.32. The van der Waals surface area contributed by atoms with Gasteiger partial charge in [0, 0.05) is 20.5 Å². The van der Waals surface area contributed by atoms with Crippen molar-refractivity contribution in [1.82, 2.24) is 9.58 Å². The molecule has 1 aromatic carbocycles. The first-order valence-electron chi connectivity index (χ1n) is 9.51. The van der Waals surface area contributed by atoms with E-state index in [0.29, 0.717) is 0 Å². The maximum Gasteiger partial charge on any atom is 0.254 e. The molecule has 1 aromatic heterocycles. The molecule has 2 amide bonds. The Hall–Kier alpha value is -2.22. The maximum absolute atomic E-state index is 12.8. The number of hydrogen-bond acceptors (Lipinski definition) is 3. The highest BCUT2D eigenvalue weighted by Crippen LogP contribution is 2.52. The molecule has 1 aliphatic heterocycles. The predicted molar refractivity (Wildman–Crippen MR) is 115 cm³/mol. The molecule has 2 aromatic rings. The summed E-state index contributed by atoms with van der Waals surface area (Å²) in [4.78, 5) is 25.6. The molecular weight excluding hydrogens is 465 g/mol. The fraction of sp³-hybridized carbons (Fsp3) is 0.318. The van der Waals surface area contributed by atoms with Gasteiger partial charge in [0.15, 0.2) is 0 Å². The Morgan fingerprint density at radius 1 is 1.07 bits per heavy atom. The number of para-hydroxylation sites is 1. The Morgan fingerprint density at radius 2 is 1.71 bits per heavy atom. The number of rotatable bonds is 3. The second-order valence-electron chi connectivity index (χ2n) is 7.85. The van der Waals surface area contributed by atoms with Gasteiger partial charge in [0.25, 0.3) is 11.8 Å². The molecule has 0 radical (unpaired) electrons. The summed E-state index contributed by atoms with van der Waals surface area (Å²) in [5, 5.41) is 5.44. The topological polar surface area (TPSA) is 54.7 Å². The lowest BCUT2D eigenvalue weighted by Crippen LogP contribution is -2.28. The summed E-state index contributed by atoms with van der Waals surface area (Å²) in [6.07, 6.45) is 6.78. The zero-order valence-electron chi connectivity index (χ0n) is 15.7. The van der Waals surface area contributed by atoms with Gasteiger partial charge in [-0.15, -0.1) is 0 Å². The largest absolute Gasteiger partial charge is 0.317 e. The van der Waals surface area contributed by atoms with Crippen LogP contribution in [0.15, 0.2) is 47.6 Å². The number of imide groups is 1. The van der Waals surface area contributed by atoms with Crippen LogP contribution in [0.1, 0.15) is 23.4 Å². The van der Waals surface area contributed by atoms with Crippen molar-refractivity contribution in [3.05, 3.63) is 63.0 Å². The van der Waals surface area contributed by atoms with Crippen LogP contribution in [-0.4, -0.2) is 27.6 Å². The maximum atomic E-state index is 12.8. The van der Waals surface area contributed by atoms with Gasteiger partial charge in [-0.3, -0.25) is 9.59 Å². The van der Waals surface area contributed by atoms with Crippen molar-refractivity contribution in [3.8, 4) is 5.69 Å². The van der Waals surface area contributed by atoms with E-state index in [1.165, 1.54) is 0 Å². The lowest BCUT2D eigenvalue weighted by Gasteiger charge is -2.13. The Morgan fingerprint density at radius 3 is 2.36 bits per heavy atom. The number of amides is 2. The monoisotopic (exact) mass is 485 g/mol. The molecule has 1 saturated heterocycles. The number of aryl methyl sites for hydroxylation is 1. The first-order chi connectivity index (χ1) is 13.5. The number of allylic oxidation sites excluding steroid dienone is 2. The van der Waals surface area contributed by atoms with Gasteiger partial charge in [-0.05, 0) is 72.9 Å². The average molecular weight is 485 g/mol. The summed E-state index contributed by atoms with van der Waals surface area (Å²) in [6.45, 7) is 4.08. The van der Waals surface area contributed by atoms with Gasteiger partial charge in [0.05, 0.1) is 23.7 Å². The molecule has 0 spiro atoms. The number of carbonyl (C=O) groups excluding carboxylic acids is 2. The van der Waals surface area contributed by atoms with Gasteiger partial charge < -0.3 is 4.57 Å². The van der Waals surface area contributed by atoms with E-state index < -0.39 is 0 Å². The van der Waals surface area contributed by atoms with Crippen LogP contribution in [-0.2, 0) is 9.59 Å². The van der Waals surface area contributed by atoms with Gasteiger partial charge >= 0.3 is 0 Å². The molecule has 2 aliphatic carbocycles. The van der Waals surface area contributed by atoms with Crippen molar-refractivity contribution < 1.29 is 9.59 Å². The van der Waals surface area contributed by atoms with Crippen LogP contribution in [0.25, 0.3) is 5.69 Å². The quantitative estimate of drug-likeness (QED) is 0.287. The third kappa shape index (κ3) is 2.46. The minimum absolute atomic E-state index is 0.144. The van der Waals surface area contributed by atoms with E-state index in [1.54, 1.807) is 6.21 Å². The Labute approximate surface area is 177 Å². The number of fused-ring (bicyclic) bond motifs is 5. The number of aromatic nitrogens is 1. The molecule has 4 atom stereocenters. The molecule has 2 fully saturated rings. The van der Waals surface area contributed by atoms with Gasteiger partial charge in [0.1, 0.15) is 0 Å². The highest BCUT2D eigenvalue weighted by Gasteiger charge is 2.59. The molecule has 0 N–H and O–H groups in total. The van der Waals surface area contributed by atoms with Gasteiger partial charge in [-0.25, -0.2) is 0 Å². The molecular formula is C22H20IN3O2. The normalized spacial score (nSPS) is 28.2. The van der Waals surface area contributed by atoms with Crippen molar-refractivity contribution in [2.45, 2.75) is 20.3 Å². The summed E-state index contributed by atoms with van der Waals surface area (Å²) in [7, 11) is 0. The van der Waals surface area contributed by atoms with E-state index >= 15 is 0 Å². The summed E-state index contributed by atoms with van der Waals surface area (Å²) in [5.41, 5.74) is 4.15. The van der Waals surface area contributed by atoms with Gasteiger partial charge in [-0.2, -0.15) is 10.1 Å². The van der Waals surface area contributed by atoms with Crippen molar-refractivity contribution in [2.24, 2.45) is 28.8 Å². The Kier molecular flexibility index (Phi) is 4.08. The summed E-state index contributed by atoms with van der Waals surface area (Å²) in [5.74, 6) is -0.297. The first-order valence-corrected chi connectivity index (χ1v) is 10.6. The second kappa shape index (κ2) is 6.40. The summed E-state index contributed by atoms with van der Waals surface area (Å²) in [6, 6.07) is 10.2. The molecule has 5 nitrogen and oxygen atoms in total. The van der Waals surface area contributed by atoms with Crippen molar-refractivity contribution >= 4 is 40.6 Å². The average Bonchev–Trinajstić information content (AvgIpc) is 3.40. The highest BCUT2D eigenvalue weighted by atomic mass is 127. The van der Waals surface area contributed by atoms with Crippen molar-refractivity contribution in [2.75, 3.05) is 0 Å². The molecule has 2 heterocycles. The number of hydrazone groups is 1. The number of halogens is 1. The highest BCUT2D eigenvalue weighted by molar-refractivity contribution is 14.1. The van der Waals surface area contributed by atoms with Crippen molar-refractivity contribution in [1.29, 1.82) is 0 Å². The Balaban J connectivity index is 1.46. The molecule has 28 heavy (non-hydrogen) atoms. The summed E-state index contributed by atoms with van der Waals surface area (Å²) >= 11 is 2.33. The van der Waals surface area contributed by atoms with Crippen LogP contribution in [0.3, 0.4) is 0 Å². The molecule has 0 unspecified atom stereocenters. The molecule has 5 rings (SSSR count). The second-order valence-corrected chi connectivity index (χ2v) is 9.01. The van der Waals surface area contributed by atoms with Crippen LogP contribution >= 0.6 is 22.6 Å². The van der Waals surface area contributed by atoms with E-state index in [2.05, 4.69) is 56.5 Å². The Bertz CT molecular complexity index is 1040. The number of hydrogen-bond donors (Lipinski definition) is 0. The number of carbonyl (C=O) groups is 2. The van der Waals surface area contributed by atoms with E-state index in [-0.39, 0.29) is 35.5 Å². The van der Waals surface area contributed by atoms with Crippen LogP contribution < -0.4 is 0 Å². The molecule has 2 bridgehead atoms. The van der Waals surface area contributed by atoms with Crippen LogP contribution in [0.4, 0.5) is 0 Å². The molecule has 1 saturated carbocycles. The molecule has 142 valence electrons. The SMILES string of the molecule is Cc1cc(/C=N\N2C(=O)[C@@H]3[C@H](C2=O)[C@H]2C=C[C@H]3C2)c(C)n1-c1ccccc1I. The third-order valence-corrected chi connectivity index (χ3v) is 7.24. The lowest BCUT2D eigenvalue weighted by molar-refractivity contribution is -0.140. The fourth-order valence-corrected chi connectivity index (χ4v) is 5.67. The molecule has 6 heteroatoms. The van der Waals surface area contributed by atoms with E-state index in [0.717, 1.165) is 37.6 Å². The minimum atomic E-state index is -0.210.